The first-order chi connectivity index (χ1) is 4.33. The van der Waals surface area contributed by atoms with E-state index in [0.717, 1.165) is 0 Å². The average Bonchev–Trinajstić information content (AvgIpc) is 1.90. The van der Waals surface area contributed by atoms with Gasteiger partial charge in [-0.3, -0.25) is 0 Å². The molecular formula is C7H6ClIOZn. The summed E-state index contributed by atoms with van der Waals surface area (Å²) in [6, 6.07) is 8.03. The minimum Gasteiger partial charge on any atom is -1.00 e. The molecule has 1 nitrogen and oxygen atoms in total. The number of halogens is 2. The fourth-order valence-corrected chi connectivity index (χ4v) is 0.636. The predicted molar refractivity (Wildman–Crippen MR) is 36.8 cm³/mol. The van der Waals surface area contributed by atoms with Gasteiger partial charge in [-0.1, -0.05) is 5.02 Å². The van der Waals surface area contributed by atoms with Gasteiger partial charge in [0.1, 0.15) is 0 Å². The van der Waals surface area contributed by atoms with Crippen LogP contribution in [0.4, 0.5) is 0 Å². The molecule has 0 unspecified atom stereocenters. The molecule has 1 rings (SSSR count). The number of ether oxygens (including phenoxy) is 1. The maximum atomic E-state index is 5.58. The van der Waals surface area contributed by atoms with Crippen LogP contribution in [0.25, 0.3) is 0 Å². The summed E-state index contributed by atoms with van der Waals surface area (Å²) in [4.78, 5) is 0. The Bertz CT molecular complexity index is 190. The molecule has 0 bridgehead atoms. The van der Waals surface area contributed by atoms with E-state index < -0.39 is 0 Å². The molecule has 56 valence electrons. The van der Waals surface area contributed by atoms with Crippen LogP contribution < -0.4 is 28.7 Å². The Labute approximate surface area is 101 Å². The first-order valence-electron chi connectivity index (χ1n) is 2.54. The summed E-state index contributed by atoms with van der Waals surface area (Å²) in [6.45, 7) is 0. The van der Waals surface area contributed by atoms with E-state index in [2.05, 4.69) is 6.07 Å². The molecule has 0 aliphatic rings. The quantitative estimate of drug-likeness (QED) is 0.370. The summed E-state index contributed by atoms with van der Waals surface area (Å²) in [7, 11) is 1.60. The SMILES string of the molecule is COc1[c-]cc(Cl)cc1.[I-].[Zn+2]. The van der Waals surface area contributed by atoms with E-state index in [1.807, 2.05) is 0 Å². The summed E-state index contributed by atoms with van der Waals surface area (Å²) < 4.78 is 4.85. The average molecular weight is 334 g/mol. The van der Waals surface area contributed by atoms with Crippen LogP contribution in [-0.4, -0.2) is 7.11 Å². The standard InChI is InChI=1S/C7H6ClO.HI.Zn/c1-9-7-4-2-6(8)3-5-7;;/h2-4H,1H3;1H;/q-1;;+2/p-1. The molecule has 0 saturated heterocycles. The van der Waals surface area contributed by atoms with Crippen LogP contribution in [0.2, 0.25) is 5.02 Å². The first kappa shape index (κ1) is 14.2. The number of benzene rings is 1. The molecule has 1 aromatic carbocycles. The molecule has 4 heteroatoms. The Balaban J connectivity index is 0. The third-order valence-corrected chi connectivity index (χ3v) is 1.20. The molecule has 0 fully saturated rings. The monoisotopic (exact) mass is 332 g/mol. The molecule has 0 aliphatic heterocycles. The molecule has 0 radical (unpaired) electrons. The number of hydrogen-bond donors (Lipinski definition) is 0. The number of rotatable bonds is 1. The zero-order valence-electron chi connectivity index (χ0n) is 6.10. The molecular weight excluding hydrogens is 328 g/mol. The van der Waals surface area contributed by atoms with E-state index in [1.54, 1.807) is 25.3 Å². The molecule has 0 spiro atoms. The van der Waals surface area contributed by atoms with Gasteiger partial charge in [0.15, 0.2) is 0 Å². The van der Waals surface area contributed by atoms with Gasteiger partial charge in [-0.15, -0.1) is 12.1 Å². The van der Waals surface area contributed by atoms with Crippen LogP contribution in [0.3, 0.4) is 0 Å². The fourth-order valence-electron chi connectivity index (χ4n) is 0.519. The molecule has 0 saturated carbocycles. The summed E-state index contributed by atoms with van der Waals surface area (Å²) in [5.41, 5.74) is 0. The van der Waals surface area contributed by atoms with Gasteiger partial charge < -0.3 is 28.7 Å². The van der Waals surface area contributed by atoms with Crippen LogP contribution in [0.15, 0.2) is 18.2 Å². The van der Waals surface area contributed by atoms with Gasteiger partial charge in [-0.2, -0.15) is 23.7 Å². The van der Waals surface area contributed by atoms with Crippen molar-refractivity contribution < 1.29 is 48.2 Å². The van der Waals surface area contributed by atoms with Crippen LogP contribution >= 0.6 is 11.6 Å². The van der Waals surface area contributed by atoms with E-state index in [4.69, 9.17) is 16.3 Å². The Kier molecular flexibility index (Phi) is 9.45. The number of hydrogen-bond acceptors (Lipinski definition) is 1. The second kappa shape index (κ2) is 7.32. The van der Waals surface area contributed by atoms with Crippen LogP contribution in [0.5, 0.6) is 5.75 Å². The third-order valence-electron chi connectivity index (χ3n) is 0.966. The van der Waals surface area contributed by atoms with Gasteiger partial charge in [-0.25, -0.2) is 0 Å². The fraction of sp³-hybridized carbons (Fsp3) is 0.143. The molecule has 11 heavy (non-hydrogen) atoms. The normalized spacial score (nSPS) is 7.45. The van der Waals surface area contributed by atoms with E-state index in [9.17, 15) is 0 Å². The van der Waals surface area contributed by atoms with Crippen molar-refractivity contribution in [3.63, 3.8) is 0 Å². The molecule has 0 amide bonds. The summed E-state index contributed by atoms with van der Waals surface area (Å²) in [5.74, 6) is 0.708. The topological polar surface area (TPSA) is 9.23 Å². The first-order valence-corrected chi connectivity index (χ1v) is 2.92. The van der Waals surface area contributed by atoms with Gasteiger partial charge in [0, 0.05) is 5.75 Å². The Morgan fingerprint density at radius 1 is 1.45 bits per heavy atom. The van der Waals surface area contributed by atoms with Crippen molar-refractivity contribution in [1.29, 1.82) is 0 Å². The van der Waals surface area contributed by atoms with Gasteiger partial charge in [0.2, 0.25) is 0 Å². The van der Waals surface area contributed by atoms with Crippen molar-refractivity contribution in [3.8, 4) is 5.75 Å². The Morgan fingerprint density at radius 3 is 2.45 bits per heavy atom. The van der Waals surface area contributed by atoms with Gasteiger partial charge in [0.25, 0.3) is 0 Å². The number of methoxy groups -OCH3 is 1. The third kappa shape index (κ3) is 4.99. The molecule has 0 atom stereocenters. The van der Waals surface area contributed by atoms with Crippen molar-refractivity contribution in [3.05, 3.63) is 29.3 Å². The molecule has 0 aliphatic carbocycles. The van der Waals surface area contributed by atoms with Crippen molar-refractivity contribution in [2.45, 2.75) is 0 Å². The van der Waals surface area contributed by atoms with Crippen molar-refractivity contribution in [1.82, 2.24) is 0 Å². The summed E-state index contributed by atoms with van der Waals surface area (Å²) >= 11 is 5.58. The minimum absolute atomic E-state index is 0. The largest absolute Gasteiger partial charge is 2.00 e. The van der Waals surface area contributed by atoms with Crippen LogP contribution in [0.1, 0.15) is 0 Å². The minimum atomic E-state index is 0. The maximum absolute atomic E-state index is 5.58. The van der Waals surface area contributed by atoms with E-state index in [0.29, 0.717) is 10.8 Å². The summed E-state index contributed by atoms with van der Waals surface area (Å²) in [6.07, 6.45) is 0. The Hall–Kier alpha value is 0.663. The predicted octanol–water partition coefficient (Wildman–Crippen LogP) is -0.850. The van der Waals surface area contributed by atoms with Crippen molar-refractivity contribution >= 4 is 11.6 Å². The van der Waals surface area contributed by atoms with E-state index >= 15 is 0 Å². The zero-order valence-corrected chi connectivity index (χ0v) is 12.0. The second-order valence-electron chi connectivity index (χ2n) is 1.58. The van der Waals surface area contributed by atoms with Crippen molar-refractivity contribution in [2.24, 2.45) is 0 Å². The summed E-state index contributed by atoms with van der Waals surface area (Å²) in [5, 5.41) is 0.677. The van der Waals surface area contributed by atoms with Gasteiger partial charge in [0.05, 0.1) is 7.11 Å². The molecule has 1 aromatic rings. The molecule has 0 aromatic heterocycles. The van der Waals surface area contributed by atoms with Crippen molar-refractivity contribution in [2.75, 3.05) is 7.11 Å². The zero-order chi connectivity index (χ0) is 6.69. The van der Waals surface area contributed by atoms with Gasteiger partial charge in [-0.05, 0) is 0 Å². The maximum Gasteiger partial charge on any atom is 2.00 e. The van der Waals surface area contributed by atoms with Gasteiger partial charge >= 0.3 is 19.5 Å². The molecule has 0 heterocycles. The van der Waals surface area contributed by atoms with Crippen LogP contribution in [0, 0.1) is 6.07 Å². The van der Waals surface area contributed by atoms with E-state index in [1.165, 1.54) is 0 Å². The Morgan fingerprint density at radius 2 is 2.09 bits per heavy atom. The molecule has 0 N–H and O–H groups in total. The van der Waals surface area contributed by atoms with Crippen LogP contribution in [-0.2, 0) is 19.5 Å². The second-order valence-corrected chi connectivity index (χ2v) is 2.01. The smallest absolute Gasteiger partial charge is 1.00 e. The van der Waals surface area contributed by atoms with E-state index in [-0.39, 0.29) is 43.5 Å².